The van der Waals surface area contributed by atoms with Gasteiger partial charge in [-0.1, -0.05) is 44.2 Å². The highest BCUT2D eigenvalue weighted by Crippen LogP contribution is 2.15. The van der Waals surface area contributed by atoms with Crippen LogP contribution < -0.4 is 11.1 Å². The van der Waals surface area contributed by atoms with Crippen LogP contribution in [0.3, 0.4) is 0 Å². The van der Waals surface area contributed by atoms with Crippen LogP contribution in [0, 0.1) is 13.8 Å². The van der Waals surface area contributed by atoms with Crippen LogP contribution in [0.15, 0.2) is 47.5 Å². The van der Waals surface area contributed by atoms with Crippen molar-refractivity contribution in [2.24, 2.45) is 10.7 Å². The number of nitrogens with zero attached hydrogens (tertiary/aromatic N) is 2. The van der Waals surface area contributed by atoms with Crippen molar-refractivity contribution < 1.29 is 0 Å². The summed E-state index contributed by atoms with van der Waals surface area (Å²) in [6.07, 6.45) is 0. The van der Waals surface area contributed by atoms with Crippen LogP contribution in [0.4, 0.5) is 5.69 Å². The Labute approximate surface area is 151 Å². The molecule has 0 bridgehead atoms. The predicted molar refractivity (Wildman–Crippen MR) is 108 cm³/mol. The molecule has 0 radical (unpaired) electrons. The van der Waals surface area contributed by atoms with Gasteiger partial charge >= 0.3 is 0 Å². The molecule has 0 saturated carbocycles. The molecule has 0 amide bonds. The van der Waals surface area contributed by atoms with Crippen molar-refractivity contribution in [1.82, 2.24) is 4.90 Å². The topological polar surface area (TPSA) is 53.6 Å². The molecule has 0 unspecified atom stereocenters. The van der Waals surface area contributed by atoms with E-state index >= 15 is 0 Å². The lowest BCUT2D eigenvalue weighted by molar-refractivity contribution is 0.295. The third kappa shape index (κ3) is 5.61. The van der Waals surface area contributed by atoms with Gasteiger partial charge in [0.25, 0.3) is 0 Å². The Bertz CT molecular complexity index is 718. The molecular formula is C21H30N4. The number of nitrogens with one attached hydrogen (secondary N) is 1. The summed E-state index contributed by atoms with van der Waals surface area (Å²) in [5.41, 5.74) is 12.1. The van der Waals surface area contributed by atoms with Crippen LogP contribution in [0.5, 0.6) is 0 Å². The van der Waals surface area contributed by atoms with Crippen LogP contribution in [0.2, 0.25) is 0 Å². The third-order valence-corrected chi connectivity index (χ3v) is 4.61. The normalized spacial score (nSPS) is 11.8. The molecule has 0 aliphatic heterocycles. The van der Waals surface area contributed by atoms with Gasteiger partial charge in [0.2, 0.25) is 0 Å². The van der Waals surface area contributed by atoms with Crippen LogP contribution in [0.25, 0.3) is 0 Å². The highest BCUT2D eigenvalue weighted by Gasteiger charge is 2.06. The summed E-state index contributed by atoms with van der Waals surface area (Å²) >= 11 is 0. The highest BCUT2D eigenvalue weighted by atomic mass is 15.1. The van der Waals surface area contributed by atoms with Gasteiger partial charge in [-0.15, -0.1) is 0 Å². The Morgan fingerprint density at radius 3 is 2.32 bits per heavy atom. The second-order valence-corrected chi connectivity index (χ2v) is 6.36. The Morgan fingerprint density at radius 1 is 1.00 bits per heavy atom. The fourth-order valence-corrected chi connectivity index (χ4v) is 2.73. The lowest BCUT2D eigenvalue weighted by Gasteiger charge is -2.19. The predicted octanol–water partition coefficient (Wildman–Crippen LogP) is 4.07. The Hall–Kier alpha value is -2.33. The van der Waals surface area contributed by atoms with Crippen LogP contribution in [0.1, 0.15) is 36.1 Å². The monoisotopic (exact) mass is 338 g/mol. The van der Waals surface area contributed by atoms with Crippen molar-refractivity contribution in [2.75, 3.05) is 18.4 Å². The number of hydrogen-bond acceptors (Lipinski definition) is 2. The molecule has 0 spiro atoms. The average molecular weight is 338 g/mol. The standard InChI is InChI=1S/C21H30N4/c1-5-25(6-2)15-19-10-8-7-9-18(19)14-23-21(22)24-20-12-11-16(3)17(4)13-20/h7-13H,5-6,14-15H2,1-4H3,(H3,22,23,24). The molecule has 134 valence electrons. The van der Waals surface area contributed by atoms with Crippen molar-refractivity contribution in [2.45, 2.75) is 40.8 Å². The molecule has 0 fully saturated rings. The second kappa shape index (κ2) is 9.23. The van der Waals surface area contributed by atoms with E-state index in [1.54, 1.807) is 0 Å². The van der Waals surface area contributed by atoms with Gasteiger partial charge in [0, 0.05) is 12.2 Å². The average Bonchev–Trinajstić information content (AvgIpc) is 2.62. The first kappa shape index (κ1) is 19.0. The van der Waals surface area contributed by atoms with E-state index in [0.29, 0.717) is 12.5 Å². The summed E-state index contributed by atoms with van der Waals surface area (Å²) < 4.78 is 0. The summed E-state index contributed by atoms with van der Waals surface area (Å²) in [6, 6.07) is 14.7. The first-order valence-electron chi connectivity index (χ1n) is 8.96. The molecule has 0 aliphatic rings. The largest absolute Gasteiger partial charge is 0.370 e. The van der Waals surface area contributed by atoms with Gasteiger partial charge in [-0.05, 0) is 61.3 Å². The van der Waals surface area contributed by atoms with Gasteiger partial charge in [-0.25, -0.2) is 4.99 Å². The molecule has 0 saturated heterocycles. The molecule has 25 heavy (non-hydrogen) atoms. The van der Waals surface area contributed by atoms with E-state index in [9.17, 15) is 0 Å². The van der Waals surface area contributed by atoms with Crippen molar-refractivity contribution >= 4 is 11.6 Å². The van der Waals surface area contributed by atoms with Gasteiger partial charge in [-0.2, -0.15) is 0 Å². The number of nitrogens with two attached hydrogens (primary N) is 1. The lowest BCUT2D eigenvalue weighted by Crippen LogP contribution is -2.24. The van der Waals surface area contributed by atoms with Crippen LogP contribution in [-0.2, 0) is 13.1 Å². The molecule has 4 heteroatoms. The maximum atomic E-state index is 6.07. The molecule has 2 rings (SSSR count). The second-order valence-electron chi connectivity index (χ2n) is 6.36. The molecular weight excluding hydrogens is 308 g/mol. The zero-order valence-corrected chi connectivity index (χ0v) is 15.8. The maximum Gasteiger partial charge on any atom is 0.193 e. The Balaban J connectivity index is 2.06. The van der Waals surface area contributed by atoms with Crippen molar-refractivity contribution in [3.8, 4) is 0 Å². The first-order valence-corrected chi connectivity index (χ1v) is 8.96. The van der Waals surface area contributed by atoms with E-state index in [1.165, 1.54) is 22.3 Å². The summed E-state index contributed by atoms with van der Waals surface area (Å²) in [4.78, 5) is 6.93. The Kier molecular flexibility index (Phi) is 7.02. The fraction of sp³-hybridized carbons (Fsp3) is 0.381. The number of benzene rings is 2. The van der Waals surface area contributed by atoms with E-state index in [0.717, 1.165) is 25.3 Å². The minimum absolute atomic E-state index is 0.445. The number of aryl methyl sites for hydroxylation is 2. The number of guanidine groups is 1. The first-order chi connectivity index (χ1) is 12.0. The van der Waals surface area contributed by atoms with Crippen molar-refractivity contribution in [1.29, 1.82) is 0 Å². The molecule has 0 aliphatic carbocycles. The summed E-state index contributed by atoms with van der Waals surface area (Å²) in [7, 11) is 0. The summed E-state index contributed by atoms with van der Waals surface area (Å²) in [6.45, 7) is 12.2. The summed E-state index contributed by atoms with van der Waals surface area (Å²) in [5.74, 6) is 0.445. The van der Waals surface area contributed by atoms with E-state index in [-0.39, 0.29) is 0 Å². The van der Waals surface area contributed by atoms with Crippen LogP contribution >= 0.6 is 0 Å². The van der Waals surface area contributed by atoms with Gasteiger partial charge < -0.3 is 11.1 Å². The third-order valence-electron chi connectivity index (χ3n) is 4.61. The molecule has 0 aromatic heterocycles. The van der Waals surface area contributed by atoms with E-state index < -0.39 is 0 Å². The number of rotatable bonds is 7. The Morgan fingerprint density at radius 2 is 1.68 bits per heavy atom. The molecule has 2 aromatic carbocycles. The van der Waals surface area contributed by atoms with Gasteiger partial charge in [0.15, 0.2) is 5.96 Å². The van der Waals surface area contributed by atoms with E-state index in [1.807, 2.05) is 6.07 Å². The minimum Gasteiger partial charge on any atom is -0.370 e. The van der Waals surface area contributed by atoms with Crippen molar-refractivity contribution in [3.05, 3.63) is 64.7 Å². The zero-order valence-electron chi connectivity index (χ0n) is 15.8. The number of anilines is 1. The smallest absolute Gasteiger partial charge is 0.193 e. The van der Waals surface area contributed by atoms with E-state index in [4.69, 9.17) is 5.73 Å². The molecule has 2 aromatic rings. The van der Waals surface area contributed by atoms with Crippen molar-refractivity contribution in [3.63, 3.8) is 0 Å². The number of aliphatic imine (C=N–C) groups is 1. The quantitative estimate of drug-likeness (QED) is 0.591. The fourth-order valence-electron chi connectivity index (χ4n) is 2.73. The maximum absolute atomic E-state index is 6.07. The molecule has 4 nitrogen and oxygen atoms in total. The molecule has 0 atom stereocenters. The minimum atomic E-state index is 0.445. The number of hydrogen-bond donors (Lipinski definition) is 2. The lowest BCUT2D eigenvalue weighted by atomic mass is 10.1. The SMILES string of the molecule is CCN(CC)Cc1ccccc1CN=C(N)Nc1ccc(C)c(C)c1. The summed E-state index contributed by atoms with van der Waals surface area (Å²) in [5, 5.41) is 3.18. The van der Waals surface area contributed by atoms with Gasteiger partial charge in [0.05, 0.1) is 6.54 Å². The van der Waals surface area contributed by atoms with E-state index in [2.05, 4.69) is 79.3 Å². The van der Waals surface area contributed by atoms with Crippen LogP contribution in [-0.4, -0.2) is 23.9 Å². The zero-order chi connectivity index (χ0) is 18.2. The highest BCUT2D eigenvalue weighted by molar-refractivity contribution is 5.92. The molecule has 0 heterocycles. The van der Waals surface area contributed by atoms with Gasteiger partial charge in [-0.3, -0.25) is 4.90 Å². The molecule has 3 N–H and O–H groups in total. The van der Waals surface area contributed by atoms with Gasteiger partial charge in [0.1, 0.15) is 0 Å².